The van der Waals surface area contributed by atoms with E-state index in [1.807, 2.05) is 62.4 Å². The highest BCUT2D eigenvalue weighted by atomic mass is 19.1. The maximum atomic E-state index is 14.8. The Labute approximate surface area is 223 Å². The third kappa shape index (κ3) is 7.19. The van der Waals surface area contributed by atoms with Crippen LogP contribution in [0.15, 0.2) is 72.6 Å². The van der Waals surface area contributed by atoms with Gasteiger partial charge in [0, 0.05) is 38.7 Å². The molecule has 0 saturated carbocycles. The zero-order valence-electron chi connectivity index (χ0n) is 21.9. The molecular formula is C29H35FN4O4. The molecule has 2 saturated heterocycles. The van der Waals surface area contributed by atoms with Gasteiger partial charge in [-0.05, 0) is 56.7 Å². The number of nitrogens with zero attached hydrogens (tertiary/aromatic N) is 3. The molecule has 38 heavy (non-hydrogen) atoms. The van der Waals surface area contributed by atoms with Gasteiger partial charge in [0.15, 0.2) is 0 Å². The Kier molecular flexibility index (Phi) is 9.48. The fourth-order valence-electron chi connectivity index (χ4n) is 4.55. The number of alkyl halides is 1. The van der Waals surface area contributed by atoms with Crippen LogP contribution in [-0.4, -0.2) is 71.3 Å². The van der Waals surface area contributed by atoms with Crippen molar-refractivity contribution in [1.29, 1.82) is 0 Å². The van der Waals surface area contributed by atoms with Gasteiger partial charge >= 0.3 is 0 Å². The van der Waals surface area contributed by atoms with Crippen LogP contribution in [0.4, 0.5) is 4.39 Å². The second-order valence-electron chi connectivity index (χ2n) is 9.41. The van der Waals surface area contributed by atoms with Crippen LogP contribution >= 0.6 is 0 Å². The van der Waals surface area contributed by atoms with E-state index in [4.69, 9.17) is 9.57 Å². The van der Waals surface area contributed by atoms with Crippen LogP contribution in [0.1, 0.15) is 54.0 Å². The number of aromatic nitrogens is 1. The van der Waals surface area contributed by atoms with Crippen LogP contribution in [0.3, 0.4) is 0 Å². The van der Waals surface area contributed by atoms with Crippen molar-refractivity contribution < 1.29 is 23.6 Å². The van der Waals surface area contributed by atoms with Gasteiger partial charge in [-0.15, -0.1) is 5.06 Å². The fourth-order valence-corrected chi connectivity index (χ4v) is 4.55. The fraction of sp³-hybridized carbons (Fsp3) is 0.414. The van der Waals surface area contributed by atoms with Gasteiger partial charge in [-0.2, -0.15) is 0 Å². The van der Waals surface area contributed by atoms with Crippen molar-refractivity contribution in [3.8, 4) is 5.75 Å². The molecule has 0 aliphatic carbocycles. The highest BCUT2D eigenvalue weighted by Crippen LogP contribution is 2.20. The number of allylic oxidation sites excluding steroid dienone is 3. The molecule has 2 aromatic rings. The third-order valence-corrected chi connectivity index (χ3v) is 6.69. The average Bonchev–Trinajstić information content (AvgIpc) is 2.95. The maximum absolute atomic E-state index is 14.8. The van der Waals surface area contributed by atoms with E-state index in [9.17, 15) is 14.0 Å². The van der Waals surface area contributed by atoms with Crippen molar-refractivity contribution >= 4 is 11.8 Å². The molecule has 2 amide bonds. The molecule has 1 aromatic heterocycles. The van der Waals surface area contributed by atoms with E-state index >= 15 is 0 Å². The predicted molar refractivity (Wildman–Crippen MR) is 142 cm³/mol. The number of piperidine rings is 2. The first-order valence-electron chi connectivity index (χ1n) is 13.1. The summed E-state index contributed by atoms with van der Waals surface area (Å²) in [6.07, 6.45) is 7.52. The molecule has 2 aliphatic heterocycles. The molecule has 0 radical (unpaired) electrons. The van der Waals surface area contributed by atoms with Gasteiger partial charge in [0.2, 0.25) is 0 Å². The Bertz CT molecular complexity index is 1130. The molecule has 8 nitrogen and oxygen atoms in total. The summed E-state index contributed by atoms with van der Waals surface area (Å²) in [7, 11) is 0. The number of hydrogen-bond acceptors (Lipinski definition) is 6. The van der Waals surface area contributed by atoms with E-state index in [1.165, 1.54) is 6.20 Å². The number of benzene rings is 1. The predicted octanol–water partition coefficient (Wildman–Crippen LogP) is 4.32. The summed E-state index contributed by atoms with van der Waals surface area (Å²) >= 11 is 0. The normalized spacial score (nSPS) is 21.3. The second-order valence-corrected chi connectivity index (χ2v) is 9.41. The Morgan fingerprint density at radius 1 is 1.05 bits per heavy atom. The quantitative estimate of drug-likeness (QED) is 0.411. The molecule has 0 bridgehead atoms. The molecule has 0 spiro atoms. The molecule has 9 heteroatoms. The lowest BCUT2D eigenvalue weighted by atomic mass is 10.0. The van der Waals surface area contributed by atoms with E-state index in [-0.39, 0.29) is 29.8 Å². The smallest absolute Gasteiger partial charge is 0.272 e. The monoisotopic (exact) mass is 522 g/mol. The number of pyridine rings is 1. The highest BCUT2D eigenvalue weighted by Gasteiger charge is 2.32. The number of nitrogens with one attached hydrogen (secondary N) is 1. The molecular weight excluding hydrogens is 487 g/mol. The van der Waals surface area contributed by atoms with Gasteiger partial charge in [0.25, 0.3) is 11.8 Å². The Morgan fingerprint density at radius 2 is 1.82 bits per heavy atom. The van der Waals surface area contributed by atoms with Gasteiger partial charge in [-0.25, -0.2) is 4.39 Å². The molecule has 1 N–H and O–H groups in total. The van der Waals surface area contributed by atoms with Crippen molar-refractivity contribution in [1.82, 2.24) is 20.3 Å². The lowest BCUT2D eigenvalue weighted by molar-refractivity contribution is -0.145. The number of ether oxygens (including phenoxy) is 1. The first-order chi connectivity index (χ1) is 18.5. The van der Waals surface area contributed by atoms with Crippen molar-refractivity contribution in [3.05, 3.63) is 83.9 Å². The first kappa shape index (κ1) is 27.3. The lowest BCUT2D eigenvalue weighted by Crippen LogP contribution is -2.52. The zero-order chi connectivity index (χ0) is 26.9. The number of likely N-dealkylation sites (tertiary alicyclic amines) is 1. The average molecular weight is 523 g/mol. The molecule has 1 aromatic carbocycles. The number of carbonyl (C=O) groups excluding carboxylic acids is 2. The van der Waals surface area contributed by atoms with E-state index < -0.39 is 18.1 Å². The summed E-state index contributed by atoms with van der Waals surface area (Å²) in [5.74, 6) is 0.885. The van der Waals surface area contributed by atoms with Crippen molar-refractivity contribution in [3.63, 3.8) is 0 Å². The van der Waals surface area contributed by atoms with Crippen LogP contribution in [0.5, 0.6) is 5.75 Å². The van der Waals surface area contributed by atoms with Crippen LogP contribution in [0.2, 0.25) is 0 Å². The van der Waals surface area contributed by atoms with Crippen molar-refractivity contribution in [2.45, 2.75) is 51.4 Å². The minimum absolute atomic E-state index is 0.0542. The number of rotatable bonds is 8. The molecule has 2 fully saturated rings. The summed E-state index contributed by atoms with van der Waals surface area (Å²) in [5.41, 5.74) is 0.561. The molecule has 4 rings (SSSR count). The largest absolute Gasteiger partial charge is 0.490 e. The molecule has 2 atom stereocenters. The Balaban J connectivity index is 1.24. The second kappa shape index (κ2) is 13.2. The van der Waals surface area contributed by atoms with Gasteiger partial charge in [-0.3, -0.25) is 14.6 Å². The standard InChI is InChI=1S/C29H35FN4O4/c1-3-8-22(4-2)38-34-18-15-26(25(30)20-34)32-28(35)21-11-12-27(31-19-21)29(36)33-16-13-24(14-17-33)37-23-9-6-5-7-10-23/h3-12,19,24-26H,13-18,20H2,1-2H3,(H,32,35)/b8-3-,22-4+/t25-,26-/m0/s1. The van der Waals surface area contributed by atoms with E-state index in [1.54, 1.807) is 22.1 Å². The number of hydroxylamine groups is 2. The van der Waals surface area contributed by atoms with Crippen molar-refractivity contribution in [2.75, 3.05) is 26.2 Å². The van der Waals surface area contributed by atoms with Crippen molar-refractivity contribution in [2.24, 2.45) is 0 Å². The van der Waals surface area contributed by atoms with Gasteiger partial charge < -0.3 is 19.8 Å². The highest BCUT2D eigenvalue weighted by molar-refractivity contribution is 5.96. The topological polar surface area (TPSA) is 84.0 Å². The maximum Gasteiger partial charge on any atom is 0.272 e. The molecule has 2 aliphatic rings. The van der Waals surface area contributed by atoms with Gasteiger partial charge in [0.1, 0.15) is 29.5 Å². The zero-order valence-corrected chi connectivity index (χ0v) is 21.9. The number of amides is 2. The third-order valence-electron chi connectivity index (χ3n) is 6.69. The summed E-state index contributed by atoms with van der Waals surface area (Å²) < 4.78 is 20.8. The SMILES string of the molecule is C/C=C\C(=C/C)ON1CC[C@H](NC(=O)c2ccc(C(=O)N3CCC(Oc4ccccc4)CC3)nc2)[C@@H](F)C1. The van der Waals surface area contributed by atoms with Crippen LogP contribution in [-0.2, 0) is 4.84 Å². The summed E-state index contributed by atoms with van der Waals surface area (Å²) in [4.78, 5) is 37.3. The van der Waals surface area contributed by atoms with E-state index in [2.05, 4.69) is 10.3 Å². The van der Waals surface area contributed by atoms with E-state index in [0.717, 1.165) is 18.6 Å². The van der Waals surface area contributed by atoms with Crippen LogP contribution in [0, 0.1) is 0 Å². The van der Waals surface area contributed by atoms with E-state index in [0.29, 0.717) is 31.8 Å². The minimum atomic E-state index is -1.28. The molecule has 3 heterocycles. The van der Waals surface area contributed by atoms with Crippen LogP contribution < -0.4 is 10.1 Å². The number of halogens is 1. The number of para-hydroxylation sites is 1. The first-order valence-corrected chi connectivity index (χ1v) is 13.1. The number of hydrogen-bond donors (Lipinski definition) is 1. The Hall–Kier alpha value is -3.72. The summed E-state index contributed by atoms with van der Waals surface area (Å²) in [5, 5.41) is 4.33. The lowest BCUT2D eigenvalue weighted by Gasteiger charge is -2.34. The minimum Gasteiger partial charge on any atom is -0.490 e. The van der Waals surface area contributed by atoms with Gasteiger partial charge in [0.05, 0.1) is 18.2 Å². The molecule has 202 valence electrons. The summed E-state index contributed by atoms with van der Waals surface area (Å²) in [6, 6.07) is 12.1. The van der Waals surface area contributed by atoms with Gasteiger partial charge in [-0.1, -0.05) is 24.3 Å². The van der Waals surface area contributed by atoms with Crippen LogP contribution in [0.25, 0.3) is 0 Å². The summed E-state index contributed by atoms with van der Waals surface area (Å²) in [6.45, 7) is 5.43. The molecule has 0 unspecified atom stereocenters. The number of carbonyl (C=O) groups is 2. The Morgan fingerprint density at radius 3 is 2.45 bits per heavy atom.